The van der Waals surface area contributed by atoms with Crippen molar-refractivity contribution in [1.29, 1.82) is 0 Å². The number of hydrogen-bond acceptors (Lipinski definition) is 12. The minimum atomic E-state index is -4.63. The number of amides is 1. The fraction of sp³-hybridized carbons (Fsp3) is 0.458. The van der Waals surface area contributed by atoms with Crippen molar-refractivity contribution in [3.8, 4) is 17.2 Å². The summed E-state index contributed by atoms with van der Waals surface area (Å²) in [6, 6.07) is 21.1. The molecular formula is C48H53N7O8S. The Morgan fingerprint density at radius 2 is 1.75 bits per heavy atom. The van der Waals surface area contributed by atoms with Crippen LogP contribution in [0, 0.1) is 21.4 Å². The van der Waals surface area contributed by atoms with Gasteiger partial charge >= 0.3 is 0 Å². The Balaban J connectivity index is 0.807. The molecule has 1 spiro atoms. The third kappa shape index (κ3) is 7.83. The molecule has 4 aliphatic heterocycles. The van der Waals surface area contributed by atoms with E-state index in [9.17, 15) is 23.3 Å². The highest BCUT2D eigenvalue weighted by molar-refractivity contribution is 7.90. The molecule has 2 atom stereocenters. The van der Waals surface area contributed by atoms with E-state index in [2.05, 4.69) is 54.1 Å². The highest BCUT2D eigenvalue weighted by atomic mass is 32.2. The number of likely N-dealkylation sites (tertiary alicyclic amines) is 1. The van der Waals surface area contributed by atoms with Gasteiger partial charge < -0.3 is 29.4 Å². The van der Waals surface area contributed by atoms with Gasteiger partial charge in [0.1, 0.15) is 23.8 Å². The summed E-state index contributed by atoms with van der Waals surface area (Å²) >= 11 is 0. The number of piperidine rings is 1. The number of H-pyrrole nitrogens is 1. The van der Waals surface area contributed by atoms with E-state index in [1.54, 1.807) is 41.7 Å². The van der Waals surface area contributed by atoms with Crippen molar-refractivity contribution in [2.24, 2.45) is 11.3 Å². The maximum absolute atomic E-state index is 14.1. The first-order valence-corrected chi connectivity index (χ1v) is 24.3. The Kier molecular flexibility index (Phi) is 10.5. The van der Waals surface area contributed by atoms with Crippen molar-refractivity contribution in [1.82, 2.24) is 19.6 Å². The molecule has 11 rings (SSSR count). The molecule has 0 radical (unpaired) electrons. The van der Waals surface area contributed by atoms with Gasteiger partial charge in [0.05, 0.1) is 27.6 Å². The topological polar surface area (TPSA) is 181 Å². The second-order valence-electron chi connectivity index (χ2n) is 18.7. The molecule has 6 heterocycles. The summed E-state index contributed by atoms with van der Waals surface area (Å²) in [6.45, 7) is 4.26. The fourth-order valence-electron chi connectivity index (χ4n) is 11.2. The van der Waals surface area contributed by atoms with E-state index >= 15 is 0 Å². The summed E-state index contributed by atoms with van der Waals surface area (Å²) in [5.41, 5.74) is 4.61. The van der Waals surface area contributed by atoms with Crippen LogP contribution in [-0.4, -0.2) is 85.7 Å². The molecule has 3 N–H and O–H groups in total. The summed E-state index contributed by atoms with van der Waals surface area (Å²) in [6.07, 6.45) is 14.6. The highest BCUT2D eigenvalue weighted by Crippen LogP contribution is 2.55. The molecule has 3 saturated heterocycles. The number of carbonyl (C=O) groups is 1. The van der Waals surface area contributed by atoms with Gasteiger partial charge in [-0.3, -0.25) is 19.8 Å². The van der Waals surface area contributed by atoms with Crippen LogP contribution in [0.2, 0.25) is 0 Å². The summed E-state index contributed by atoms with van der Waals surface area (Å²) in [4.78, 5) is 37.9. The van der Waals surface area contributed by atoms with Crippen LogP contribution in [0.3, 0.4) is 0 Å². The summed E-state index contributed by atoms with van der Waals surface area (Å²) in [7, 11) is -4.63. The molecule has 2 aromatic heterocycles. The molecule has 5 aromatic rings. The van der Waals surface area contributed by atoms with Gasteiger partial charge in [-0.1, -0.05) is 24.3 Å². The summed E-state index contributed by atoms with van der Waals surface area (Å²) in [5.74, 6) is 0.529. The van der Waals surface area contributed by atoms with Crippen molar-refractivity contribution in [2.45, 2.75) is 93.1 Å². The van der Waals surface area contributed by atoms with E-state index in [0.29, 0.717) is 42.1 Å². The Labute approximate surface area is 372 Å². The number of anilines is 2. The summed E-state index contributed by atoms with van der Waals surface area (Å²) in [5, 5.41) is 16.4. The Morgan fingerprint density at radius 1 is 0.953 bits per heavy atom. The van der Waals surface area contributed by atoms with E-state index in [0.717, 1.165) is 61.8 Å². The number of nitro benzene ring substituents is 1. The molecule has 0 bridgehead atoms. The lowest BCUT2D eigenvalue weighted by molar-refractivity contribution is -0.384. The zero-order chi connectivity index (χ0) is 43.6. The predicted molar refractivity (Wildman–Crippen MR) is 241 cm³/mol. The molecule has 334 valence electrons. The van der Waals surface area contributed by atoms with Crippen LogP contribution in [0.4, 0.5) is 17.1 Å². The molecule has 3 aromatic carbocycles. The minimum absolute atomic E-state index is 0.0232. The quantitative estimate of drug-likeness (QED) is 0.0852. The van der Waals surface area contributed by atoms with Crippen molar-refractivity contribution in [2.75, 3.05) is 49.7 Å². The number of ether oxygens (including phenoxy) is 3. The third-order valence-electron chi connectivity index (χ3n) is 14.8. The van der Waals surface area contributed by atoms with E-state index < -0.39 is 31.4 Å². The number of fused-ring (bicyclic) bond motifs is 2. The summed E-state index contributed by atoms with van der Waals surface area (Å²) < 4.78 is 47.8. The van der Waals surface area contributed by atoms with Gasteiger partial charge in [0.2, 0.25) is 0 Å². The molecule has 15 nitrogen and oxygen atoms in total. The Hall–Kier alpha value is -5.71. The predicted octanol–water partition coefficient (Wildman–Crippen LogP) is 8.45. The van der Waals surface area contributed by atoms with Crippen LogP contribution in [0.1, 0.15) is 97.7 Å². The second kappa shape index (κ2) is 16.4. The number of carbonyl (C=O) groups excluding carboxylic acids is 1. The number of aromatic amines is 1. The molecule has 1 amide bonds. The molecule has 6 aliphatic rings. The number of nitrogens with zero attached hydrogens (tertiary/aromatic N) is 4. The minimum Gasteiger partial charge on any atom is -0.489 e. The average Bonchev–Trinajstić information content (AvgIpc) is 3.84. The lowest BCUT2D eigenvalue weighted by atomic mass is 9.59. The van der Waals surface area contributed by atoms with E-state index in [-0.39, 0.29) is 41.3 Å². The number of nitrogens with one attached hydrogen (secondary N) is 3. The van der Waals surface area contributed by atoms with Crippen molar-refractivity contribution < 1.29 is 32.3 Å². The SMILES string of the molecule is O=C(NS(=O)(=O)c1cc2c(c([N+](=O)[O-])c1)NC(C1CCOCC1)CO2)c1ccc(N2CCC3(CC2)CC(N2CCCC2c2ccccc2C2CC2)C3)cc1Oc1cnc2[nH]ccc2c1. The lowest BCUT2D eigenvalue weighted by Gasteiger charge is -2.56. The molecule has 2 saturated carbocycles. The van der Waals surface area contributed by atoms with Gasteiger partial charge in [-0.05, 0) is 123 Å². The van der Waals surface area contributed by atoms with Gasteiger partial charge in [-0.25, -0.2) is 18.1 Å². The number of nitro groups is 1. The number of benzene rings is 3. The molecule has 64 heavy (non-hydrogen) atoms. The standard InChI is InChI=1S/C48H53N7O8S/c56-47(52-64(59,60)36-24-42(55(57)58)45-44(25-36)62-29-40(51-45)31-12-20-61-21-13-31)39-10-9-33(23-43(39)63-35-22-32-11-16-49-46(32)50-28-35)53-18-14-48(15-19-53)26-34(27-48)54-17-3-6-41(54)38-5-2-1-4-37(38)30-7-8-30/h1-2,4-5,9-11,16,22-25,28,30-31,34,40-41,51H,3,6-8,12-15,17-21,26-27,29H2,(H,49,50)(H,52,56). The Morgan fingerprint density at radius 3 is 2.53 bits per heavy atom. The zero-order valence-electron chi connectivity index (χ0n) is 35.7. The van der Waals surface area contributed by atoms with Crippen molar-refractivity contribution in [3.05, 3.63) is 106 Å². The van der Waals surface area contributed by atoms with Gasteiger partial charge in [0, 0.05) is 73.9 Å². The molecular weight excluding hydrogens is 835 g/mol. The van der Waals surface area contributed by atoms with Crippen molar-refractivity contribution >= 4 is 44.0 Å². The van der Waals surface area contributed by atoms with Gasteiger partial charge in [0.15, 0.2) is 11.4 Å². The van der Waals surface area contributed by atoms with E-state index in [1.165, 1.54) is 51.1 Å². The lowest BCUT2D eigenvalue weighted by Crippen LogP contribution is -2.54. The smallest absolute Gasteiger partial charge is 0.297 e. The van der Waals surface area contributed by atoms with E-state index in [1.807, 2.05) is 12.1 Å². The fourth-order valence-corrected chi connectivity index (χ4v) is 12.2. The average molecular weight is 888 g/mol. The molecule has 2 unspecified atom stereocenters. The number of pyridine rings is 1. The first kappa shape index (κ1) is 41.0. The molecule has 5 fully saturated rings. The van der Waals surface area contributed by atoms with Crippen LogP contribution >= 0.6 is 0 Å². The van der Waals surface area contributed by atoms with Crippen LogP contribution in [0.5, 0.6) is 17.2 Å². The van der Waals surface area contributed by atoms with Gasteiger partial charge in [-0.15, -0.1) is 0 Å². The first-order chi connectivity index (χ1) is 31.1. The van der Waals surface area contributed by atoms with Gasteiger partial charge in [0.25, 0.3) is 21.6 Å². The first-order valence-electron chi connectivity index (χ1n) is 22.8. The number of rotatable bonds is 11. The number of hydrogen-bond donors (Lipinski definition) is 3. The van der Waals surface area contributed by atoms with Gasteiger partial charge in [-0.2, -0.15) is 0 Å². The van der Waals surface area contributed by atoms with Crippen LogP contribution in [-0.2, 0) is 14.8 Å². The molecule has 16 heteroatoms. The maximum atomic E-state index is 14.1. The highest BCUT2D eigenvalue weighted by Gasteiger charge is 2.50. The van der Waals surface area contributed by atoms with Crippen LogP contribution in [0.15, 0.2) is 84.0 Å². The second-order valence-corrected chi connectivity index (χ2v) is 20.4. The zero-order valence-corrected chi connectivity index (χ0v) is 36.5. The van der Waals surface area contributed by atoms with Crippen molar-refractivity contribution in [3.63, 3.8) is 0 Å². The number of sulfonamides is 1. The Bertz CT molecular complexity index is 2720. The normalized spacial score (nSPS) is 22.7. The third-order valence-corrected chi connectivity index (χ3v) is 16.2. The largest absolute Gasteiger partial charge is 0.489 e. The number of aromatic nitrogens is 2. The monoisotopic (exact) mass is 887 g/mol. The van der Waals surface area contributed by atoms with E-state index in [4.69, 9.17) is 14.2 Å². The van der Waals surface area contributed by atoms with Crippen LogP contribution in [0.25, 0.3) is 11.0 Å². The van der Waals surface area contributed by atoms with Crippen LogP contribution < -0.4 is 24.4 Å². The maximum Gasteiger partial charge on any atom is 0.297 e. The molecule has 2 aliphatic carbocycles.